The number of hydrogen-bond donors (Lipinski definition) is 0. The third kappa shape index (κ3) is 6.56. The van der Waals surface area contributed by atoms with Crippen LogP contribution in [0.1, 0.15) is 0 Å². The molecule has 4 heterocycles. The average Bonchev–Trinajstić information content (AvgIpc) is 4.08. The number of fused-ring (bicyclic) bond motifs is 9. The summed E-state index contributed by atoms with van der Waals surface area (Å²) in [6, 6.07) is 84.7. The third-order valence-electron chi connectivity index (χ3n) is 13.6. The van der Waals surface area contributed by atoms with Gasteiger partial charge in [-0.1, -0.05) is 164 Å². The zero-order chi connectivity index (χ0) is 45.4. The Morgan fingerprint density at radius 1 is 0.246 bits per heavy atom. The summed E-state index contributed by atoms with van der Waals surface area (Å²) < 4.78 is 7.43. The number of thiophene rings is 1. The predicted molar refractivity (Wildman–Crippen MR) is 289 cm³/mol. The highest BCUT2D eigenvalue weighted by Crippen LogP contribution is 2.40. The van der Waals surface area contributed by atoms with E-state index in [0.717, 1.165) is 50.2 Å². The van der Waals surface area contributed by atoms with E-state index in [9.17, 15) is 0 Å². The Hall–Kier alpha value is -8.97. The Labute approximate surface area is 401 Å². The molecule has 4 aromatic heterocycles. The lowest BCUT2D eigenvalue weighted by Gasteiger charge is -2.12. The van der Waals surface area contributed by atoms with Crippen molar-refractivity contribution in [2.24, 2.45) is 0 Å². The molecular formula is C63H39N5S. The van der Waals surface area contributed by atoms with Gasteiger partial charge in [0.15, 0.2) is 17.5 Å². The molecule has 0 amide bonds. The average molecular weight is 898 g/mol. The highest BCUT2D eigenvalue weighted by Gasteiger charge is 2.18. The van der Waals surface area contributed by atoms with Crippen molar-refractivity contribution in [2.75, 3.05) is 0 Å². The molecule has 0 aliphatic heterocycles. The van der Waals surface area contributed by atoms with Crippen LogP contribution in [-0.2, 0) is 0 Å². The van der Waals surface area contributed by atoms with Crippen molar-refractivity contribution >= 4 is 75.1 Å². The number of aromatic nitrogens is 5. The summed E-state index contributed by atoms with van der Waals surface area (Å²) in [7, 11) is 0. The highest BCUT2D eigenvalue weighted by molar-refractivity contribution is 7.25. The van der Waals surface area contributed by atoms with Crippen LogP contribution in [0.4, 0.5) is 0 Å². The van der Waals surface area contributed by atoms with E-state index in [2.05, 4.69) is 185 Å². The van der Waals surface area contributed by atoms with Gasteiger partial charge in [-0.2, -0.15) is 0 Å². The maximum absolute atomic E-state index is 5.07. The van der Waals surface area contributed by atoms with Gasteiger partial charge in [0.05, 0.1) is 22.1 Å². The molecule has 0 saturated carbocycles. The molecule has 0 N–H and O–H groups in total. The Morgan fingerprint density at radius 3 is 1.45 bits per heavy atom. The molecule has 0 bridgehead atoms. The molecule has 0 aliphatic carbocycles. The summed E-state index contributed by atoms with van der Waals surface area (Å²) in [4.78, 5) is 15.1. The van der Waals surface area contributed by atoms with Crippen molar-refractivity contribution in [1.29, 1.82) is 0 Å². The van der Waals surface area contributed by atoms with Gasteiger partial charge < -0.3 is 9.13 Å². The van der Waals surface area contributed by atoms with Crippen LogP contribution >= 0.6 is 11.3 Å². The maximum Gasteiger partial charge on any atom is 0.164 e. The fourth-order valence-electron chi connectivity index (χ4n) is 10.3. The SMILES string of the molecule is c1ccc(-c2nc(-c3ccccc3)nc(-c3cccc(-n4c5ccccc5c5ccc(-c6ccc7c(c6)c6ccccc6n7-c6ccc(-c7ccc8sc9ccccc9c8c7)cc6)cc54)c3)n2)cc1. The van der Waals surface area contributed by atoms with Gasteiger partial charge in [-0.05, 0) is 95.1 Å². The van der Waals surface area contributed by atoms with Crippen LogP contribution < -0.4 is 0 Å². The number of rotatable bonds is 7. The molecular weight excluding hydrogens is 859 g/mol. The third-order valence-corrected chi connectivity index (χ3v) is 14.7. The van der Waals surface area contributed by atoms with Gasteiger partial charge in [-0.15, -0.1) is 11.3 Å². The van der Waals surface area contributed by atoms with Gasteiger partial charge in [0.2, 0.25) is 0 Å². The summed E-state index contributed by atoms with van der Waals surface area (Å²) in [5, 5.41) is 7.48. The molecule has 69 heavy (non-hydrogen) atoms. The maximum atomic E-state index is 5.07. The predicted octanol–water partition coefficient (Wildman–Crippen LogP) is 16.8. The lowest BCUT2D eigenvalue weighted by atomic mass is 10.0. The first-order valence-electron chi connectivity index (χ1n) is 23.3. The van der Waals surface area contributed by atoms with E-state index in [0.29, 0.717) is 17.5 Å². The number of nitrogens with zero attached hydrogens (tertiary/aromatic N) is 5. The van der Waals surface area contributed by atoms with Crippen LogP contribution in [0.3, 0.4) is 0 Å². The fraction of sp³-hybridized carbons (Fsp3) is 0. The normalized spacial score (nSPS) is 11.8. The zero-order valence-corrected chi connectivity index (χ0v) is 38.0. The number of hydrogen-bond acceptors (Lipinski definition) is 4. The first-order valence-corrected chi connectivity index (χ1v) is 24.1. The monoisotopic (exact) mass is 897 g/mol. The topological polar surface area (TPSA) is 48.5 Å². The summed E-state index contributed by atoms with van der Waals surface area (Å²) >= 11 is 1.86. The fourth-order valence-corrected chi connectivity index (χ4v) is 11.4. The molecule has 5 nitrogen and oxygen atoms in total. The van der Waals surface area contributed by atoms with Crippen LogP contribution in [0, 0.1) is 0 Å². The van der Waals surface area contributed by atoms with Crippen molar-refractivity contribution in [2.45, 2.75) is 0 Å². The summed E-state index contributed by atoms with van der Waals surface area (Å²) in [5.74, 6) is 1.90. The molecule has 0 spiro atoms. The summed E-state index contributed by atoms with van der Waals surface area (Å²) in [6.45, 7) is 0. The molecule has 0 saturated heterocycles. The molecule has 0 atom stereocenters. The van der Waals surface area contributed by atoms with Gasteiger partial charge in [0.25, 0.3) is 0 Å². The van der Waals surface area contributed by atoms with Crippen molar-refractivity contribution in [1.82, 2.24) is 24.1 Å². The minimum Gasteiger partial charge on any atom is -0.309 e. The van der Waals surface area contributed by atoms with E-state index in [4.69, 9.17) is 15.0 Å². The second-order valence-corrected chi connectivity index (χ2v) is 18.7. The van der Waals surface area contributed by atoms with E-state index < -0.39 is 0 Å². The van der Waals surface area contributed by atoms with E-state index in [1.54, 1.807) is 0 Å². The second kappa shape index (κ2) is 15.8. The molecule has 14 aromatic rings. The minimum absolute atomic E-state index is 0.624. The smallest absolute Gasteiger partial charge is 0.164 e. The molecule has 0 unspecified atom stereocenters. The second-order valence-electron chi connectivity index (χ2n) is 17.6. The molecule has 6 heteroatoms. The van der Waals surface area contributed by atoms with Gasteiger partial charge in [-0.25, -0.2) is 15.0 Å². The zero-order valence-electron chi connectivity index (χ0n) is 37.2. The van der Waals surface area contributed by atoms with Crippen LogP contribution in [-0.4, -0.2) is 24.1 Å². The van der Waals surface area contributed by atoms with Crippen LogP contribution in [0.2, 0.25) is 0 Å². The Bertz CT molecular complexity index is 4240. The number of para-hydroxylation sites is 2. The van der Waals surface area contributed by atoms with Crippen molar-refractivity contribution in [3.63, 3.8) is 0 Å². The summed E-state index contributed by atoms with van der Waals surface area (Å²) in [6.07, 6.45) is 0. The molecule has 0 radical (unpaired) electrons. The minimum atomic E-state index is 0.624. The Morgan fingerprint density at radius 2 is 0.725 bits per heavy atom. The first kappa shape index (κ1) is 39.2. The van der Waals surface area contributed by atoms with Gasteiger partial charge >= 0.3 is 0 Å². The standard InChI is InChI=1S/C63H39N5S/c1-3-14-41(15-4-1)61-64-62(42-16-5-2-6-17-42)66-63(65-61)46-18-13-19-48(36-46)68-55-23-10-7-20-49(55)51-33-28-45(39-58(51)68)44-29-34-57-53(37-44)50-21-8-11-24-56(50)67(57)47-31-26-40(27-32-47)43-30-35-60-54(38-43)52-22-9-12-25-59(52)69-60/h1-39H. The van der Waals surface area contributed by atoms with Crippen molar-refractivity contribution < 1.29 is 0 Å². The number of benzene rings is 10. The molecule has 0 aliphatic rings. The van der Waals surface area contributed by atoms with Crippen molar-refractivity contribution in [3.8, 4) is 67.8 Å². The Kier molecular flexibility index (Phi) is 9.00. The van der Waals surface area contributed by atoms with Crippen LogP contribution in [0.25, 0.3) is 132 Å². The largest absolute Gasteiger partial charge is 0.309 e. The van der Waals surface area contributed by atoms with E-state index >= 15 is 0 Å². The van der Waals surface area contributed by atoms with Gasteiger partial charge in [0, 0.05) is 69.8 Å². The highest BCUT2D eigenvalue weighted by atomic mass is 32.1. The van der Waals surface area contributed by atoms with Crippen molar-refractivity contribution in [3.05, 3.63) is 237 Å². The summed E-state index contributed by atoms with van der Waals surface area (Å²) in [5.41, 5.74) is 14.3. The van der Waals surface area contributed by atoms with Gasteiger partial charge in [0.1, 0.15) is 0 Å². The van der Waals surface area contributed by atoms with E-state index in [1.807, 2.05) is 72.0 Å². The van der Waals surface area contributed by atoms with Crippen LogP contribution in [0.5, 0.6) is 0 Å². The van der Waals surface area contributed by atoms with E-state index in [1.165, 1.54) is 63.9 Å². The molecule has 322 valence electrons. The van der Waals surface area contributed by atoms with E-state index in [-0.39, 0.29) is 0 Å². The molecule has 14 rings (SSSR count). The molecule has 0 fully saturated rings. The molecule has 10 aromatic carbocycles. The lowest BCUT2D eigenvalue weighted by molar-refractivity contribution is 1.07. The lowest BCUT2D eigenvalue weighted by Crippen LogP contribution is -2.01. The van der Waals surface area contributed by atoms with Crippen LogP contribution in [0.15, 0.2) is 237 Å². The quantitative estimate of drug-likeness (QED) is 0.160. The van der Waals surface area contributed by atoms with Gasteiger partial charge in [-0.3, -0.25) is 0 Å². The Balaban J connectivity index is 0.863. The first-order chi connectivity index (χ1) is 34.2.